The molecular weight excluding hydrogens is 366 g/mol. The first-order valence-electron chi connectivity index (χ1n) is 9.64. The van der Waals surface area contributed by atoms with Gasteiger partial charge < -0.3 is 0 Å². The number of hydrazone groups is 1. The molecule has 8 heteroatoms. The van der Waals surface area contributed by atoms with Crippen LogP contribution in [-0.4, -0.2) is 38.0 Å². The molecule has 1 aliphatic carbocycles. The van der Waals surface area contributed by atoms with E-state index in [4.69, 9.17) is 9.68 Å². The number of rotatable bonds is 6. The Morgan fingerprint density at radius 1 is 1.29 bits per heavy atom. The maximum Gasteiger partial charge on any atom is 0.406 e. The molecule has 1 saturated carbocycles. The lowest BCUT2D eigenvalue weighted by Gasteiger charge is -2.36. The molecule has 1 atom stereocenters. The molecular formula is C20H31F2N4O2+. The second-order valence-corrected chi connectivity index (χ2v) is 6.58. The van der Waals surface area contributed by atoms with Gasteiger partial charge >= 0.3 is 5.96 Å². The summed E-state index contributed by atoms with van der Waals surface area (Å²) >= 11 is 0. The topological polar surface area (TPSA) is 40.0 Å². The zero-order valence-corrected chi connectivity index (χ0v) is 17.3. The molecule has 156 valence electrons. The van der Waals surface area contributed by atoms with Crippen molar-refractivity contribution in [2.75, 3.05) is 31.5 Å². The van der Waals surface area contributed by atoms with E-state index in [0.717, 1.165) is 19.3 Å². The average Bonchev–Trinajstić information content (AvgIpc) is 2.62. The van der Waals surface area contributed by atoms with Crippen LogP contribution >= 0.6 is 0 Å². The van der Waals surface area contributed by atoms with E-state index in [2.05, 4.69) is 11.9 Å². The predicted octanol–water partition coefficient (Wildman–Crippen LogP) is 4.15. The second-order valence-electron chi connectivity index (χ2n) is 6.58. The van der Waals surface area contributed by atoms with E-state index in [0.29, 0.717) is 23.3 Å². The zero-order valence-electron chi connectivity index (χ0n) is 17.3. The third kappa shape index (κ3) is 4.44. The summed E-state index contributed by atoms with van der Waals surface area (Å²) < 4.78 is 29.0. The molecule has 1 heterocycles. The van der Waals surface area contributed by atoms with Crippen LogP contribution in [0.5, 0.6) is 0 Å². The van der Waals surface area contributed by atoms with E-state index >= 15 is 0 Å². The molecule has 3 rings (SSSR count). The van der Waals surface area contributed by atoms with Gasteiger partial charge in [0.1, 0.15) is 11.5 Å². The first-order valence-corrected chi connectivity index (χ1v) is 9.64. The summed E-state index contributed by atoms with van der Waals surface area (Å²) in [6.45, 7) is 7.41. The average molecular weight is 397 g/mol. The van der Waals surface area contributed by atoms with Crippen LogP contribution in [0.2, 0.25) is 0 Å². The standard InChI is InChI=1S/C18H24F2N4O2.C2H6/c1-12(19)10-15(13-6-5-7-13)21-18-22(2)24(26-4)17-11-14(20)8-9-16(17)23(18)25-3;1-2/h8-9,11,13,15H,1,5-7,10H2,2-4H3;1-2H3/p+1. The minimum Gasteiger partial charge on any atom is -0.270 e. The van der Waals surface area contributed by atoms with E-state index < -0.39 is 0 Å². The highest BCUT2D eigenvalue weighted by Crippen LogP contribution is 2.35. The van der Waals surface area contributed by atoms with Gasteiger partial charge in [-0.3, -0.25) is 5.32 Å². The highest BCUT2D eigenvalue weighted by molar-refractivity contribution is 5.96. The number of hydroxylamine groups is 1. The van der Waals surface area contributed by atoms with Crippen molar-refractivity contribution in [2.45, 2.75) is 45.6 Å². The molecule has 1 unspecified atom stereocenters. The van der Waals surface area contributed by atoms with Gasteiger partial charge in [0.25, 0.3) is 0 Å². The van der Waals surface area contributed by atoms with Crippen molar-refractivity contribution in [3.8, 4) is 0 Å². The number of anilines is 2. The number of nitrogens with zero attached hydrogens (tertiary/aromatic N) is 3. The minimum atomic E-state index is -0.382. The minimum absolute atomic E-state index is 0.114. The molecule has 0 saturated heterocycles. The Kier molecular flexibility index (Phi) is 7.77. The predicted molar refractivity (Wildman–Crippen MR) is 107 cm³/mol. The van der Waals surface area contributed by atoms with E-state index in [1.54, 1.807) is 22.9 Å². The van der Waals surface area contributed by atoms with Crippen LogP contribution in [0.15, 0.2) is 30.6 Å². The van der Waals surface area contributed by atoms with Gasteiger partial charge in [-0.2, -0.15) is 0 Å². The number of benzene rings is 1. The maximum absolute atomic E-state index is 13.7. The summed E-state index contributed by atoms with van der Waals surface area (Å²) in [7, 11) is 4.78. The smallest absolute Gasteiger partial charge is 0.270 e. The summed E-state index contributed by atoms with van der Waals surface area (Å²) in [5.41, 5.74) is 1.11. The molecule has 6 nitrogen and oxygen atoms in total. The number of fused-ring (bicyclic) bond motifs is 1. The lowest BCUT2D eigenvalue weighted by molar-refractivity contribution is -0.564. The molecule has 1 aromatic carbocycles. The Balaban J connectivity index is 0.00000136. The number of halogens is 2. The first-order chi connectivity index (χ1) is 13.5. The van der Waals surface area contributed by atoms with Crippen molar-refractivity contribution < 1.29 is 23.1 Å². The van der Waals surface area contributed by atoms with Gasteiger partial charge in [0.2, 0.25) is 0 Å². The summed E-state index contributed by atoms with van der Waals surface area (Å²) in [6.07, 6.45) is 3.46. The first kappa shape index (κ1) is 22.1. The third-order valence-electron chi connectivity index (χ3n) is 4.96. The molecule has 28 heavy (non-hydrogen) atoms. The molecule has 2 aliphatic rings. The van der Waals surface area contributed by atoms with E-state index in [1.165, 1.54) is 31.5 Å². The van der Waals surface area contributed by atoms with Crippen molar-refractivity contribution >= 4 is 17.3 Å². The molecule has 1 fully saturated rings. The molecule has 1 N–H and O–H groups in total. The number of hydrazine groups is 1. The largest absolute Gasteiger partial charge is 0.406 e. The fourth-order valence-electron chi connectivity index (χ4n) is 3.45. The van der Waals surface area contributed by atoms with Crippen molar-refractivity contribution in [2.24, 2.45) is 5.92 Å². The monoisotopic (exact) mass is 397 g/mol. The lowest BCUT2D eigenvalue weighted by atomic mass is 9.78. The number of guanidine groups is 1. The Bertz CT molecular complexity index is 722. The lowest BCUT2D eigenvalue weighted by Crippen LogP contribution is -2.58. The molecule has 0 radical (unpaired) electrons. The zero-order chi connectivity index (χ0) is 20.8. The van der Waals surface area contributed by atoms with Gasteiger partial charge in [-0.15, -0.1) is 9.86 Å². The van der Waals surface area contributed by atoms with Gasteiger partial charge in [-0.25, -0.2) is 18.5 Å². The molecule has 1 aliphatic heterocycles. The van der Waals surface area contributed by atoms with Crippen LogP contribution < -0.4 is 15.6 Å². The number of nitrogens with one attached hydrogen (secondary N) is 1. The molecule has 0 bridgehead atoms. The second kappa shape index (κ2) is 9.84. The van der Waals surface area contributed by atoms with Crippen LogP contribution in [-0.2, 0) is 9.68 Å². The fraction of sp³-hybridized carbons (Fsp3) is 0.550. The molecule has 0 aromatic heterocycles. The Labute approximate surface area is 165 Å². The van der Waals surface area contributed by atoms with Crippen molar-refractivity contribution in [3.05, 3.63) is 36.4 Å². The number of hydrogen-bond donors (Lipinski definition) is 1. The number of hydrogen-bond acceptors (Lipinski definition) is 5. The molecule has 1 aromatic rings. The third-order valence-corrected chi connectivity index (χ3v) is 4.96. The maximum atomic E-state index is 13.7. The van der Waals surface area contributed by atoms with Crippen LogP contribution in [0, 0.1) is 11.7 Å². The normalized spacial score (nSPS) is 17.4. The van der Waals surface area contributed by atoms with Crippen LogP contribution in [0.1, 0.15) is 39.5 Å². The van der Waals surface area contributed by atoms with Gasteiger partial charge in [0, 0.05) is 12.5 Å². The Hall–Kier alpha value is -2.19. The van der Waals surface area contributed by atoms with Crippen LogP contribution in [0.25, 0.3) is 0 Å². The van der Waals surface area contributed by atoms with Crippen molar-refractivity contribution in [3.63, 3.8) is 0 Å². The van der Waals surface area contributed by atoms with E-state index in [1.807, 2.05) is 13.8 Å². The Morgan fingerprint density at radius 3 is 2.46 bits per heavy atom. The van der Waals surface area contributed by atoms with Crippen LogP contribution in [0.3, 0.4) is 0 Å². The Morgan fingerprint density at radius 2 is 1.96 bits per heavy atom. The summed E-state index contributed by atoms with van der Waals surface area (Å²) in [4.78, 5) is 11.0. The van der Waals surface area contributed by atoms with Gasteiger partial charge in [-0.1, -0.05) is 31.9 Å². The van der Waals surface area contributed by atoms with Crippen molar-refractivity contribution in [1.82, 2.24) is 5.32 Å². The molecule has 0 spiro atoms. The summed E-state index contributed by atoms with van der Waals surface area (Å²) in [5.74, 6) is 0.190. The molecule has 0 amide bonds. The van der Waals surface area contributed by atoms with Crippen molar-refractivity contribution in [1.29, 1.82) is 0 Å². The summed E-state index contributed by atoms with van der Waals surface area (Å²) in [6, 6.07) is 4.22. The summed E-state index contributed by atoms with van der Waals surface area (Å²) in [5, 5.41) is 6.40. The van der Waals surface area contributed by atoms with Gasteiger partial charge in [0.05, 0.1) is 33.1 Å². The quantitative estimate of drug-likeness (QED) is 0.731. The fourth-order valence-corrected chi connectivity index (χ4v) is 3.45. The highest BCUT2D eigenvalue weighted by Gasteiger charge is 2.40. The SMILES string of the molecule is C=C(F)CC(NC1=[N+](C)N(OC)c2cc(F)ccc2N1OC)C1CCC1.CC. The van der Waals surface area contributed by atoms with Gasteiger partial charge in [0.15, 0.2) is 5.69 Å². The van der Waals surface area contributed by atoms with Gasteiger partial charge in [-0.05, 0) is 30.9 Å². The van der Waals surface area contributed by atoms with Crippen LogP contribution in [0.4, 0.5) is 20.2 Å². The van der Waals surface area contributed by atoms with E-state index in [9.17, 15) is 8.78 Å². The van der Waals surface area contributed by atoms with E-state index in [-0.39, 0.29) is 24.1 Å². The highest BCUT2D eigenvalue weighted by atomic mass is 19.1.